The highest BCUT2D eigenvalue weighted by molar-refractivity contribution is 7.15. The second-order valence-electron chi connectivity index (χ2n) is 5.69. The number of carbonyl (C=O) groups is 3. The molecule has 9 heteroatoms. The van der Waals surface area contributed by atoms with E-state index in [2.05, 4.69) is 10.3 Å². The van der Waals surface area contributed by atoms with E-state index in [0.717, 1.165) is 10.6 Å². The van der Waals surface area contributed by atoms with Gasteiger partial charge >= 0.3 is 5.97 Å². The van der Waals surface area contributed by atoms with E-state index in [0.29, 0.717) is 31.2 Å². The van der Waals surface area contributed by atoms with Crippen molar-refractivity contribution in [2.45, 2.75) is 32.7 Å². The Balaban J connectivity index is 1.57. The lowest BCUT2D eigenvalue weighted by Crippen LogP contribution is -2.35. The number of hydrogen-bond donors (Lipinski definition) is 1. The molecule has 0 bridgehead atoms. The van der Waals surface area contributed by atoms with E-state index in [-0.39, 0.29) is 36.4 Å². The molecular formula is C17H19N3O5S. The summed E-state index contributed by atoms with van der Waals surface area (Å²) in [6.45, 7) is 3.03. The number of nitrogens with zero attached hydrogens (tertiary/aromatic N) is 2. The van der Waals surface area contributed by atoms with Gasteiger partial charge in [0.2, 0.25) is 5.91 Å². The molecule has 3 rings (SSSR count). The maximum absolute atomic E-state index is 12.3. The van der Waals surface area contributed by atoms with Crippen LogP contribution in [-0.4, -0.2) is 40.8 Å². The number of aromatic nitrogens is 1. The normalized spacial score (nSPS) is 13.2. The van der Waals surface area contributed by atoms with Gasteiger partial charge in [-0.25, -0.2) is 4.98 Å². The molecule has 0 saturated carbocycles. The molecule has 0 aromatic carbocycles. The molecule has 0 radical (unpaired) electrons. The van der Waals surface area contributed by atoms with E-state index in [1.807, 2.05) is 0 Å². The molecule has 2 aromatic heterocycles. The van der Waals surface area contributed by atoms with Crippen LogP contribution in [0, 0.1) is 0 Å². The zero-order valence-electron chi connectivity index (χ0n) is 14.3. The zero-order valence-corrected chi connectivity index (χ0v) is 15.1. The van der Waals surface area contributed by atoms with Gasteiger partial charge in [-0.05, 0) is 19.1 Å². The van der Waals surface area contributed by atoms with Gasteiger partial charge in [0.15, 0.2) is 10.9 Å². The first-order valence-corrected chi connectivity index (χ1v) is 9.15. The highest BCUT2D eigenvalue weighted by Crippen LogP contribution is 2.29. The van der Waals surface area contributed by atoms with Crippen LogP contribution in [0.5, 0.6) is 0 Å². The molecule has 1 N–H and O–H groups in total. The molecule has 0 atom stereocenters. The second-order valence-corrected chi connectivity index (χ2v) is 6.77. The van der Waals surface area contributed by atoms with Crippen LogP contribution in [-0.2, 0) is 27.3 Å². The number of esters is 1. The van der Waals surface area contributed by atoms with Crippen LogP contribution in [0.2, 0.25) is 0 Å². The molecule has 26 heavy (non-hydrogen) atoms. The van der Waals surface area contributed by atoms with Gasteiger partial charge in [0.25, 0.3) is 5.91 Å². The summed E-state index contributed by atoms with van der Waals surface area (Å²) in [6.07, 6.45) is 2.27. The third kappa shape index (κ3) is 4.29. The molecule has 3 heterocycles. The molecule has 1 aliphatic rings. The summed E-state index contributed by atoms with van der Waals surface area (Å²) in [7, 11) is 0. The number of hydrogen-bond acceptors (Lipinski definition) is 7. The number of nitrogens with one attached hydrogen (secondary N) is 1. The van der Waals surface area contributed by atoms with Crippen molar-refractivity contribution in [1.29, 1.82) is 0 Å². The number of ether oxygens (including phenoxy) is 1. The Bertz CT molecular complexity index is 799. The minimum absolute atomic E-state index is 0.0849. The first-order valence-electron chi connectivity index (χ1n) is 8.33. The number of fused-ring (bicyclic) bond motifs is 1. The minimum Gasteiger partial charge on any atom is -0.466 e. The number of thiazole rings is 1. The lowest BCUT2D eigenvalue weighted by molar-refractivity contribution is -0.145. The lowest BCUT2D eigenvalue weighted by Gasteiger charge is -2.26. The van der Waals surface area contributed by atoms with Crippen LogP contribution in [0.1, 0.15) is 40.9 Å². The number of carbonyl (C=O) groups excluding carboxylic acids is 3. The zero-order chi connectivity index (χ0) is 18.5. The van der Waals surface area contributed by atoms with E-state index < -0.39 is 0 Å². The van der Waals surface area contributed by atoms with Crippen molar-refractivity contribution >= 4 is 34.3 Å². The minimum atomic E-state index is -0.362. The maximum Gasteiger partial charge on any atom is 0.306 e. The van der Waals surface area contributed by atoms with Crippen molar-refractivity contribution in [3.05, 3.63) is 34.7 Å². The maximum atomic E-state index is 12.3. The fourth-order valence-corrected chi connectivity index (χ4v) is 3.65. The van der Waals surface area contributed by atoms with Gasteiger partial charge in [-0.3, -0.25) is 19.7 Å². The molecule has 0 aliphatic carbocycles. The molecule has 0 fully saturated rings. The number of rotatable bonds is 6. The standard InChI is InChI=1S/C17H19N3O5S/c1-2-24-15(22)6-5-14(21)20-8-7-11-13(10-20)26-17(18-11)19-16(23)12-4-3-9-25-12/h3-4,9H,2,5-8,10H2,1H3,(H,18,19,23). The molecular weight excluding hydrogens is 358 g/mol. The van der Waals surface area contributed by atoms with Crippen molar-refractivity contribution in [3.63, 3.8) is 0 Å². The smallest absolute Gasteiger partial charge is 0.306 e. The molecule has 1 aliphatic heterocycles. The van der Waals surface area contributed by atoms with E-state index in [1.54, 1.807) is 24.0 Å². The molecule has 2 aromatic rings. The van der Waals surface area contributed by atoms with Gasteiger partial charge < -0.3 is 14.1 Å². The summed E-state index contributed by atoms with van der Waals surface area (Å²) in [4.78, 5) is 42.7. The fourth-order valence-electron chi connectivity index (χ4n) is 2.63. The monoisotopic (exact) mass is 377 g/mol. The summed E-state index contributed by atoms with van der Waals surface area (Å²) < 4.78 is 9.90. The summed E-state index contributed by atoms with van der Waals surface area (Å²) in [6, 6.07) is 3.22. The summed E-state index contributed by atoms with van der Waals surface area (Å²) in [5.41, 5.74) is 0.888. The topological polar surface area (TPSA) is 102 Å². The Hall–Kier alpha value is -2.68. The van der Waals surface area contributed by atoms with Gasteiger partial charge in [0.05, 0.1) is 31.5 Å². The second kappa shape index (κ2) is 8.13. The lowest BCUT2D eigenvalue weighted by atomic mass is 10.1. The van der Waals surface area contributed by atoms with Crippen molar-refractivity contribution < 1.29 is 23.5 Å². The van der Waals surface area contributed by atoms with Crippen LogP contribution in [0.4, 0.5) is 5.13 Å². The summed E-state index contributed by atoms with van der Waals surface area (Å²) in [5, 5.41) is 3.19. The molecule has 0 saturated heterocycles. The van der Waals surface area contributed by atoms with Gasteiger partial charge in [-0.2, -0.15) is 0 Å². The van der Waals surface area contributed by atoms with Gasteiger partial charge in [0.1, 0.15) is 0 Å². The largest absolute Gasteiger partial charge is 0.466 e. The Kier molecular flexibility index (Phi) is 5.67. The van der Waals surface area contributed by atoms with E-state index in [4.69, 9.17) is 9.15 Å². The predicted molar refractivity (Wildman–Crippen MR) is 93.8 cm³/mol. The number of amides is 2. The van der Waals surface area contributed by atoms with Crippen molar-refractivity contribution in [2.24, 2.45) is 0 Å². The quantitative estimate of drug-likeness (QED) is 0.775. The molecule has 8 nitrogen and oxygen atoms in total. The SMILES string of the molecule is CCOC(=O)CCC(=O)N1CCc2nc(NC(=O)c3ccco3)sc2C1. The first kappa shape index (κ1) is 18.1. The molecule has 138 valence electrons. The van der Waals surface area contributed by atoms with E-state index in [1.165, 1.54) is 17.6 Å². The van der Waals surface area contributed by atoms with Crippen molar-refractivity contribution in [3.8, 4) is 0 Å². The third-order valence-electron chi connectivity index (χ3n) is 3.90. The van der Waals surface area contributed by atoms with E-state index >= 15 is 0 Å². The summed E-state index contributed by atoms with van der Waals surface area (Å²) in [5.74, 6) is -0.588. The average Bonchev–Trinajstić information content (AvgIpc) is 3.28. The first-order chi connectivity index (χ1) is 12.6. The van der Waals surface area contributed by atoms with Gasteiger partial charge in [-0.15, -0.1) is 0 Å². The molecule has 0 unspecified atom stereocenters. The number of furan rings is 1. The number of anilines is 1. The fraction of sp³-hybridized carbons (Fsp3) is 0.412. The van der Waals surface area contributed by atoms with Crippen LogP contribution in [0.3, 0.4) is 0 Å². The average molecular weight is 377 g/mol. The van der Waals surface area contributed by atoms with Crippen molar-refractivity contribution in [1.82, 2.24) is 9.88 Å². The Morgan fingerprint density at radius 2 is 2.23 bits per heavy atom. The van der Waals surface area contributed by atoms with Crippen LogP contribution < -0.4 is 5.32 Å². The molecule has 0 spiro atoms. The van der Waals surface area contributed by atoms with Gasteiger partial charge in [-0.1, -0.05) is 11.3 Å². The van der Waals surface area contributed by atoms with Crippen molar-refractivity contribution in [2.75, 3.05) is 18.5 Å². The Morgan fingerprint density at radius 3 is 2.96 bits per heavy atom. The van der Waals surface area contributed by atoms with Gasteiger partial charge in [0, 0.05) is 24.3 Å². The molecule has 2 amide bonds. The highest BCUT2D eigenvalue weighted by Gasteiger charge is 2.25. The Morgan fingerprint density at radius 1 is 1.38 bits per heavy atom. The predicted octanol–water partition coefficient (Wildman–Crippen LogP) is 2.22. The Labute approximate surface area is 154 Å². The third-order valence-corrected chi connectivity index (χ3v) is 4.90. The van der Waals surface area contributed by atoms with E-state index in [9.17, 15) is 14.4 Å². The van der Waals surface area contributed by atoms with Crippen LogP contribution in [0.15, 0.2) is 22.8 Å². The summed E-state index contributed by atoms with van der Waals surface area (Å²) >= 11 is 1.34. The highest BCUT2D eigenvalue weighted by atomic mass is 32.1. The van der Waals surface area contributed by atoms with Crippen LogP contribution in [0.25, 0.3) is 0 Å². The van der Waals surface area contributed by atoms with Crippen LogP contribution >= 0.6 is 11.3 Å².